The zero-order chi connectivity index (χ0) is 15.0. The quantitative estimate of drug-likeness (QED) is 0.723. The van der Waals surface area contributed by atoms with Gasteiger partial charge in [-0.25, -0.2) is 8.78 Å². The van der Waals surface area contributed by atoms with Crippen molar-refractivity contribution < 1.29 is 27.8 Å². The van der Waals surface area contributed by atoms with Crippen LogP contribution in [0.1, 0.15) is 31.7 Å². The highest BCUT2D eigenvalue weighted by Crippen LogP contribution is 2.10. The summed E-state index contributed by atoms with van der Waals surface area (Å²) in [6.45, 7) is 2.02. The molecule has 0 unspecified atom stereocenters. The van der Waals surface area contributed by atoms with Crippen LogP contribution in [0.5, 0.6) is 0 Å². The molecule has 0 saturated carbocycles. The third kappa shape index (κ3) is 5.77. The van der Waals surface area contributed by atoms with Gasteiger partial charge in [-0.2, -0.15) is 0 Å². The summed E-state index contributed by atoms with van der Waals surface area (Å²) in [5, 5.41) is 0. The molecule has 1 rings (SSSR count). The first-order valence-electron chi connectivity index (χ1n) is 6.28. The Labute approximate surface area is 115 Å². The fourth-order valence-electron chi connectivity index (χ4n) is 1.36. The van der Waals surface area contributed by atoms with Gasteiger partial charge in [-0.3, -0.25) is 9.59 Å². The molecule has 0 amide bonds. The molecular weight excluding hydrogens is 270 g/mol. The van der Waals surface area contributed by atoms with Gasteiger partial charge < -0.3 is 9.47 Å². The fraction of sp³-hybridized carbons (Fsp3) is 0.429. The number of benzene rings is 1. The van der Waals surface area contributed by atoms with Crippen molar-refractivity contribution in [3.05, 3.63) is 35.4 Å². The number of halogens is 2. The Bertz CT molecular complexity index is 474. The highest BCUT2D eigenvalue weighted by Gasteiger charge is 2.10. The topological polar surface area (TPSA) is 52.6 Å². The molecule has 20 heavy (non-hydrogen) atoms. The zero-order valence-electron chi connectivity index (χ0n) is 11.2. The number of rotatable bonds is 7. The Kier molecular flexibility index (Phi) is 6.63. The van der Waals surface area contributed by atoms with Crippen molar-refractivity contribution in [2.45, 2.75) is 32.8 Å². The van der Waals surface area contributed by atoms with Crippen molar-refractivity contribution in [3.8, 4) is 0 Å². The molecule has 0 aliphatic rings. The summed E-state index contributed by atoms with van der Waals surface area (Å²) in [5.74, 6) is -3.01. The van der Waals surface area contributed by atoms with E-state index < -0.39 is 23.6 Å². The molecule has 0 spiro atoms. The molecule has 0 aliphatic heterocycles. The van der Waals surface area contributed by atoms with Crippen LogP contribution in [-0.2, 0) is 25.7 Å². The number of hydrogen-bond acceptors (Lipinski definition) is 4. The smallest absolute Gasteiger partial charge is 0.306 e. The summed E-state index contributed by atoms with van der Waals surface area (Å²) >= 11 is 0. The van der Waals surface area contributed by atoms with Gasteiger partial charge in [0.1, 0.15) is 6.61 Å². The number of esters is 2. The number of hydrogen-bond donors (Lipinski definition) is 0. The van der Waals surface area contributed by atoms with E-state index in [0.717, 1.165) is 12.1 Å². The van der Waals surface area contributed by atoms with E-state index in [1.807, 2.05) is 6.92 Å². The first kappa shape index (κ1) is 16.1. The Balaban J connectivity index is 2.29. The van der Waals surface area contributed by atoms with Gasteiger partial charge in [0, 0.05) is 0 Å². The van der Waals surface area contributed by atoms with Gasteiger partial charge in [-0.15, -0.1) is 0 Å². The van der Waals surface area contributed by atoms with Crippen LogP contribution in [-0.4, -0.2) is 18.5 Å². The lowest BCUT2D eigenvalue weighted by Crippen LogP contribution is -2.10. The second-order valence-corrected chi connectivity index (χ2v) is 4.13. The van der Waals surface area contributed by atoms with Gasteiger partial charge in [0.05, 0.1) is 19.4 Å². The van der Waals surface area contributed by atoms with Crippen molar-refractivity contribution in [2.75, 3.05) is 6.61 Å². The van der Waals surface area contributed by atoms with Crippen LogP contribution in [0, 0.1) is 11.6 Å². The van der Waals surface area contributed by atoms with Gasteiger partial charge in [-0.05, 0) is 24.1 Å². The van der Waals surface area contributed by atoms with Crippen molar-refractivity contribution in [1.82, 2.24) is 0 Å². The molecule has 0 heterocycles. The first-order valence-corrected chi connectivity index (χ1v) is 6.28. The summed E-state index contributed by atoms with van der Waals surface area (Å²) in [7, 11) is 0. The Morgan fingerprint density at radius 3 is 2.30 bits per heavy atom. The fourth-order valence-corrected chi connectivity index (χ4v) is 1.36. The molecule has 0 aromatic heterocycles. The predicted molar refractivity (Wildman–Crippen MR) is 66.6 cm³/mol. The molecule has 1 aromatic carbocycles. The summed E-state index contributed by atoms with van der Waals surface area (Å²) in [6, 6.07) is 3.24. The second-order valence-electron chi connectivity index (χ2n) is 4.13. The molecule has 0 N–H and O–H groups in total. The Hall–Kier alpha value is -1.98. The van der Waals surface area contributed by atoms with Crippen LogP contribution in [0.25, 0.3) is 0 Å². The lowest BCUT2D eigenvalue weighted by molar-refractivity contribution is -0.151. The van der Waals surface area contributed by atoms with Crippen molar-refractivity contribution in [1.29, 1.82) is 0 Å². The van der Waals surface area contributed by atoms with E-state index in [1.165, 1.54) is 6.07 Å². The number of carbonyl (C=O) groups excluding carboxylic acids is 2. The molecule has 0 aliphatic carbocycles. The highest BCUT2D eigenvalue weighted by atomic mass is 19.2. The Morgan fingerprint density at radius 2 is 1.70 bits per heavy atom. The predicted octanol–water partition coefficient (Wildman–Crippen LogP) is 2.74. The van der Waals surface area contributed by atoms with E-state index >= 15 is 0 Å². The summed E-state index contributed by atoms with van der Waals surface area (Å²) in [6.07, 6.45) is 0.551. The maximum absolute atomic E-state index is 12.9. The molecule has 4 nitrogen and oxygen atoms in total. The third-order valence-electron chi connectivity index (χ3n) is 2.38. The van der Waals surface area contributed by atoms with Crippen LogP contribution < -0.4 is 0 Å². The van der Waals surface area contributed by atoms with Crippen LogP contribution in [0.3, 0.4) is 0 Å². The molecule has 0 atom stereocenters. The van der Waals surface area contributed by atoms with E-state index in [9.17, 15) is 18.4 Å². The summed E-state index contributed by atoms with van der Waals surface area (Å²) in [5.41, 5.74) is 0.339. The number of ether oxygens (including phenoxy) is 2. The molecule has 0 saturated heterocycles. The minimum absolute atomic E-state index is 0.0589. The average Bonchev–Trinajstić information content (AvgIpc) is 2.44. The standard InChI is InChI=1S/C14H16F2O4/c1-2-7-19-13(17)5-6-14(18)20-9-10-3-4-11(15)12(16)8-10/h3-4,8H,2,5-7,9H2,1H3. The van der Waals surface area contributed by atoms with Crippen LogP contribution in [0.4, 0.5) is 8.78 Å². The van der Waals surface area contributed by atoms with Crippen LogP contribution in [0.15, 0.2) is 18.2 Å². The van der Waals surface area contributed by atoms with Gasteiger partial charge in [-0.1, -0.05) is 13.0 Å². The maximum atomic E-state index is 12.9. The molecular formula is C14H16F2O4. The SMILES string of the molecule is CCCOC(=O)CCC(=O)OCc1ccc(F)c(F)c1. The van der Waals surface area contributed by atoms with E-state index in [4.69, 9.17) is 9.47 Å². The lowest BCUT2D eigenvalue weighted by Gasteiger charge is -2.05. The first-order chi connectivity index (χ1) is 9.52. The van der Waals surface area contributed by atoms with E-state index in [1.54, 1.807) is 0 Å². The molecule has 0 fully saturated rings. The molecule has 0 bridgehead atoms. The van der Waals surface area contributed by atoms with Gasteiger partial charge in [0.25, 0.3) is 0 Å². The van der Waals surface area contributed by atoms with Crippen LogP contribution in [0.2, 0.25) is 0 Å². The largest absolute Gasteiger partial charge is 0.466 e. The zero-order valence-corrected chi connectivity index (χ0v) is 11.2. The summed E-state index contributed by atoms with van der Waals surface area (Å²) < 4.78 is 35.2. The number of carbonyl (C=O) groups is 2. The normalized spacial score (nSPS) is 10.2. The molecule has 1 aromatic rings. The van der Waals surface area contributed by atoms with Crippen molar-refractivity contribution >= 4 is 11.9 Å². The molecule has 110 valence electrons. The maximum Gasteiger partial charge on any atom is 0.306 e. The minimum atomic E-state index is -0.998. The van der Waals surface area contributed by atoms with Gasteiger partial charge in [0.15, 0.2) is 11.6 Å². The van der Waals surface area contributed by atoms with E-state index in [0.29, 0.717) is 18.6 Å². The van der Waals surface area contributed by atoms with E-state index in [-0.39, 0.29) is 19.4 Å². The van der Waals surface area contributed by atoms with Crippen molar-refractivity contribution in [2.24, 2.45) is 0 Å². The Morgan fingerprint density at radius 1 is 1.05 bits per heavy atom. The van der Waals surface area contributed by atoms with Gasteiger partial charge in [0.2, 0.25) is 0 Å². The second kappa shape index (κ2) is 8.24. The summed E-state index contributed by atoms with van der Waals surface area (Å²) in [4.78, 5) is 22.5. The lowest BCUT2D eigenvalue weighted by atomic mass is 10.2. The van der Waals surface area contributed by atoms with Gasteiger partial charge >= 0.3 is 11.9 Å². The minimum Gasteiger partial charge on any atom is -0.466 e. The highest BCUT2D eigenvalue weighted by molar-refractivity contribution is 5.77. The third-order valence-corrected chi connectivity index (χ3v) is 2.38. The van der Waals surface area contributed by atoms with E-state index in [2.05, 4.69) is 0 Å². The monoisotopic (exact) mass is 286 g/mol. The molecule has 6 heteroatoms. The van der Waals surface area contributed by atoms with Crippen molar-refractivity contribution in [3.63, 3.8) is 0 Å². The average molecular weight is 286 g/mol. The van der Waals surface area contributed by atoms with Crippen LogP contribution >= 0.6 is 0 Å². The molecule has 0 radical (unpaired) electrons.